The molecule has 0 radical (unpaired) electrons. The number of carboxylic acid groups (broad SMARTS) is 1. The molecule has 5 heteroatoms. The Bertz CT molecular complexity index is 162. The van der Waals surface area contributed by atoms with E-state index >= 15 is 0 Å². The second-order valence-electron chi connectivity index (χ2n) is 2.49. The molecular weight excluding hydrogens is 180 g/mol. The zero-order chi connectivity index (χ0) is 9.72. The maximum Gasteiger partial charge on any atom is 0.304 e. The van der Waals surface area contributed by atoms with Crippen molar-refractivity contribution in [1.29, 1.82) is 0 Å². The van der Waals surface area contributed by atoms with Crippen molar-refractivity contribution in [3.05, 3.63) is 0 Å². The van der Waals surface area contributed by atoms with E-state index in [1.807, 2.05) is 0 Å². The molecular formula is C7H12O4S. The number of aliphatic hydroxyl groups excluding tert-OH is 1. The van der Waals surface area contributed by atoms with Crippen LogP contribution in [-0.2, 0) is 9.59 Å². The van der Waals surface area contributed by atoms with Gasteiger partial charge in [-0.25, -0.2) is 0 Å². The highest BCUT2D eigenvalue weighted by molar-refractivity contribution is 8.14. The summed E-state index contributed by atoms with van der Waals surface area (Å²) in [5.41, 5.74) is 0. The summed E-state index contributed by atoms with van der Waals surface area (Å²) in [7, 11) is 0. The van der Waals surface area contributed by atoms with E-state index in [0.29, 0.717) is 0 Å². The van der Waals surface area contributed by atoms with E-state index in [4.69, 9.17) is 10.2 Å². The Morgan fingerprint density at radius 3 is 2.25 bits per heavy atom. The van der Waals surface area contributed by atoms with E-state index in [9.17, 15) is 9.59 Å². The van der Waals surface area contributed by atoms with Crippen LogP contribution in [0.3, 0.4) is 0 Å². The van der Waals surface area contributed by atoms with Gasteiger partial charge in [0.15, 0.2) is 5.12 Å². The first-order valence-electron chi connectivity index (χ1n) is 3.50. The van der Waals surface area contributed by atoms with Crippen molar-refractivity contribution >= 4 is 22.8 Å². The molecule has 0 aromatic carbocycles. The Kier molecular flexibility index (Phi) is 4.92. The summed E-state index contributed by atoms with van der Waals surface area (Å²) in [6, 6.07) is 0. The molecule has 0 amide bonds. The van der Waals surface area contributed by atoms with Gasteiger partial charge in [0.25, 0.3) is 0 Å². The van der Waals surface area contributed by atoms with Crippen molar-refractivity contribution in [1.82, 2.24) is 0 Å². The van der Waals surface area contributed by atoms with Gasteiger partial charge in [0.2, 0.25) is 0 Å². The first-order chi connectivity index (χ1) is 5.43. The van der Waals surface area contributed by atoms with Crippen LogP contribution in [0.1, 0.15) is 20.3 Å². The van der Waals surface area contributed by atoms with Gasteiger partial charge in [-0.3, -0.25) is 9.59 Å². The fourth-order valence-corrected chi connectivity index (χ4v) is 1.55. The fourth-order valence-electron chi connectivity index (χ4n) is 0.696. The van der Waals surface area contributed by atoms with E-state index in [1.54, 1.807) is 0 Å². The van der Waals surface area contributed by atoms with E-state index in [2.05, 4.69) is 0 Å². The number of rotatable bonds is 4. The molecule has 2 atom stereocenters. The van der Waals surface area contributed by atoms with E-state index < -0.39 is 17.3 Å². The fraction of sp³-hybridized carbons (Fsp3) is 0.714. The second-order valence-corrected chi connectivity index (χ2v) is 3.90. The van der Waals surface area contributed by atoms with Crippen molar-refractivity contribution in [3.8, 4) is 0 Å². The maximum absolute atomic E-state index is 10.6. The minimum atomic E-state index is -1.00. The van der Waals surface area contributed by atoms with Crippen molar-refractivity contribution in [2.45, 2.75) is 31.6 Å². The summed E-state index contributed by atoms with van der Waals surface area (Å²) in [6.07, 6.45) is -0.975. The number of carbonyl (C=O) groups is 2. The summed E-state index contributed by atoms with van der Waals surface area (Å²) in [5.74, 6) is -1.00. The molecule has 0 rings (SSSR count). The van der Waals surface area contributed by atoms with Crippen LogP contribution in [0.25, 0.3) is 0 Å². The lowest BCUT2D eigenvalue weighted by Gasteiger charge is -2.14. The van der Waals surface area contributed by atoms with Gasteiger partial charge in [0, 0.05) is 12.2 Å². The van der Waals surface area contributed by atoms with Crippen LogP contribution in [-0.4, -0.2) is 32.7 Å². The van der Waals surface area contributed by atoms with Crippen LogP contribution >= 0.6 is 11.8 Å². The molecule has 0 saturated heterocycles. The molecule has 0 aromatic rings. The van der Waals surface area contributed by atoms with Crippen molar-refractivity contribution in [3.63, 3.8) is 0 Å². The Hall–Kier alpha value is -0.550. The van der Waals surface area contributed by atoms with Crippen molar-refractivity contribution in [2.75, 3.05) is 0 Å². The predicted molar refractivity (Wildman–Crippen MR) is 46.0 cm³/mol. The van der Waals surface area contributed by atoms with Gasteiger partial charge < -0.3 is 10.2 Å². The van der Waals surface area contributed by atoms with Crippen molar-refractivity contribution < 1.29 is 19.8 Å². The molecule has 2 N–H and O–H groups in total. The summed E-state index contributed by atoms with van der Waals surface area (Å²) < 4.78 is 0. The highest BCUT2D eigenvalue weighted by Gasteiger charge is 2.20. The summed E-state index contributed by atoms with van der Waals surface area (Å²) in [5, 5.41) is 16.8. The molecule has 0 bridgehead atoms. The highest BCUT2D eigenvalue weighted by atomic mass is 32.2. The average molecular weight is 192 g/mol. The molecule has 0 aliphatic rings. The monoisotopic (exact) mass is 192 g/mol. The minimum absolute atomic E-state index is 0.179. The molecule has 0 heterocycles. The van der Waals surface area contributed by atoms with Crippen LogP contribution in [0, 0.1) is 0 Å². The van der Waals surface area contributed by atoms with Gasteiger partial charge in [-0.05, 0) is 6.92 Å². The topological polar surface area (TPSA) is 74.6 Å². The average Bonchev–Trinajstić information content (AvgIpc) is 1.83. The quantitative estimate of drug-likeness (QED) is 0.678. The third kappa shape index (κ3) is 5.15. The molecule has 0 fully saturated rings. The Balaban J connectivity index is 4.04. The van der Waals surface area contributed by atoms with Crippen LogP contribution in [0.4, 0.5) is 0 Å². The second kappa shape index (κ2) is 5.16. The van der Waals surface area contributed by atoms with E-state index in [0.717, 1.165) is 11.8 Å². The molecule has 12 heavy (non-hydrogen) atoms. The maximum atomic E-state index is 10.6. The van der Waals surface area contributed by atoms with Crippen LogP contribution in [0.15, 0.2) is 0 Å². The Morgan fingerprint density at radius 2 is 2.00 bits per heavy atom. The molecule has 4 nitrogen and oxygen atoms in total. The normalized spacial score (nSPS) is 15.2. The van der Waals surface area contributed by atoms with Gasteiger partial charge in [-0.1, -0.05) is 11.8 Å². The van der Waals surface area contributed by atoms with E-state index in [1.165, 1.54) is 13.8 Å². The molecule has 0 aliphatic heterocycles. The van der Waals surface area contributed by atoms with Gasteiger partial charge in [0.05, 0.1) is 12.5 Å². The Labute approximate surface area is 75.0 Å². The Morgan fingerprint density at radius 1 is 1.50 bits per heavy atom. The molecule has 0 saturated carbocycles. The van der Waals surface area contributed by atoms with Crippen LogP contribution in [0.5, 0.6) is 0 Å². The summed E-state index contributed by atoms with van der Waals surface area (Å²) in [6.45, 7) is 2.82. The minimum Gasteiger partial charge on any atom is -0.481 e. The lowest BCUT2D eigenvalue weighted by molar-refractivity contribution is -0.137. The number of hydrogen-bond donors (Lipinski definition) is 2. The first kappa shape index (κ1) is 11.4. The number of carboxylic acids is 1. The molecule has 0 aromatic heterocycles. The van der Waals surface area contributed by atoms with Gasteiger partial charge in [-0.15, -0.1) is 0 Å². The zero-order valence-electron chi connectivity index (χ0n) is 6.98. The van der Waals surface area contributed by atoms with Gasteiger partial charge >= 0.3 is 5.97 Å². The van der Waals surface area contributed by atoms with Gasteiger partial charge in [0.1, 0.15) is 0 Å². The number of aliphatic carboxylic acids is 1. The summed E-state index contributed by atoms with van der Waals surface area (Å²) in [4.78, 5) is 20.9. The lowest BCUT2D eigenvalue weighted by atomic mass is 10.2. The molecule has 70 valence electrons. The van der Waals surface area contributed by atoms with Crippen LogP contribution < -0.4 is 0 Å². The van der Waals surface area contributed by atoms with Gasteiger partial charge in [-0.2, -0.15) is 0 Å². The highest BCUT2D eigenvalue weighted by Crippen LogP contribution is 2.18. The smallest absolute Gasteiger partial charge is 0.304 e. The van der Waals surface area contributed by atoms with E-state index in [-0.39, 0.29) is 11.5 Å². The molecule has 2 unspecified atom stereocenters. The predicted octanol–water partition coefficient (Wildman–Crippen LogP) is 0.490. The standard InChI is InChI=1S/C7H12O4S/c1-4(8)6(3-7(10)11)12-5(2)9/h4,6,8H,3H2,1-2H3,(H,10,11). The lowest BCUT2D eigenvalue weighted by Crippen LogP contribution is -2.23. The number of carbonyl (C=O) groups excluding carboxylic acids is 1. The number of hydrogen-bond acceptors (Lipinski definition) is 4. The number of aliphatic hydroxyl groups is 1. The SMILES string of the molecule is CC(=O)SC(CC(=O)O)C(C)O. The number of thioether (sulfide) groups is 1. The molecule has 0 aliphatic carbocycles. The third-order valence-electron chi connectivity index (χ3n) is 1.23. The van der Waals surface area contributed by atoms with Crippen LogP contribution in [0.2, 0.25) is 0 Å². The third-order valence-corrected chi connectivity index (χ3v) is 2.43. The first-order valence-corrected chi connectivity index (χ1v) is 4.38. The largest absolute Gasteiger partial charge is 0.481 e. The summed E-state index contributed by atoms with van der Waals surface area (Å²) >= 11 is 0.866. The zero-order valence-corrected chi connectivity index (χ0v) is 7.80. The van der Waals surface area contributed by atoms with Crippen molar-refractivity contribution in [2.24, 2.45) is 0 Å². The molecule has 0 spiro atoms.